The maximum Gasteiger partial charge on any atom is 0.294 e. The Morgan fingerprint density at radius 3 is 2.61 bits per heavy atom. The van der Waals surface area contributed by atoms with Crippen molar-refractivity contribution in [1.82, 2.24) is 4.90 Å². The minimum absolute atomic E-state index is 0.0206. The summed E-state index contributed by atoms with van der Waals surface area (Å²) in [5, 5.41) is 2.76. The molecule has 1 atom stereocenters. The fourth-order valence-electron chi connectivity index (χ4n) is 4.93. The van der Waals surface area contributed by atoms with Gasteiger partial charge in [0, 0.05) is 33.0 Å². The summed E-state index contributed by atoms with van der Waals surface area (Å²) in [7, 11) is 0. The molecule has 2 heterocycles. The number of benzene rings is 2. The van der Waals surface area contributed by atoms with Gasteiger partial charge in [0.15, 0.2) is 0 Å². The highest BCUT2D eigenvalue weighted by atomic mass is 79.9. The Morgan fingerprint density at radius 2 is 1.94 bits per heavy atom. The summed E-state index contributed by atoms with van der Waals surface area (Å²) >= 11 is 10.9. The van der Waals surface area contributed by atoms with E-state index in [0.717, 1.165) is 46.2 Å². The zero-order valence-electron chi connectivity index (χ0n) is 20.7. The van der Waals surface area contributed by atoms with Gasteiger partial charge in [0.2, 0.25) is 5.91 Å². The summed E-state index contributed by atoms with van der Waals surface area (Å²) in [6.07, 6.45) is 3.70. The van der Waals surface area contributed by atoms with E-state index in [4.69, 9.17) is 11.6 Å². The molecule has 0 spiro atoms. The van der Waals surface area contributed by atoms with E-state index in [1.165, 1.54) is 5.56 Å². The predicted octanol–water partition coefficient (Wildman–Crippen LogP) is 7.28. The number of imide groups is 1. The summed E-state index contributed by atoms with van der Waals surface area (Å²) < 4.78 is 0.883. The first-order valence-electron chi connectivity index (χ1n) is 11.9. The Balaban J connectivity index is 1.55. The molecule has 6 nitrogen and oxygen atoms in total. The van der Waals surface area contributed by atoms with Crippen LogP contribution in [0.2, 0.25) is 5.02 Å². The maximum atomic E-state index is 13.0. The van der Waals surface area contributed by atoms with E-state index >= 15 is 0 Å². The second kappa shape index (κ2) is 10.6. The van der Waals surface area contributed by atoms with E-state index in [1.807, 2.05) is 12.1 Å². The first-order valence-corrected chi connectivity index (χ1v) is 13.9. The first kappa shape index (κ1) is 26.8. The Kier molecular flexibility index (Phi) is 7.88. The number of halogens is 2. The molecule has 0 aliphatic carbocycles. The summed E-state index contributed by atoms with van der Waals surface area (Å²) in [6, 6.07) is 11.1. The molecule has 2 aromatic carbocycles. The lowest BCUT2D eigenvalue weighted by atomic mass is 9.79. The lowest BCUT2D eigenvalue weighted by Crippen LogP contribution is -2.48. The number of nitrogens with zero attached hydrogens (tertiary/aromatic N) is 2. The van der Waals surface area contributed by atoms with Gasteiger partial charge in [-0.1, -0.05) is 41.4 Å². The van der Waals surface area contributed by atoms with E-state index in [-0.39, 0.29) is 17.0 Å². The van der Waals surface area contributed by atoms with Crippen LogP contribution in [0.1, 0.15) is 57.6 Å². The Bertz CT molecular complexity index is 1250. The molecule has 0 aromatic heterocycles. The number of amides is 3. The Hall–Kier alpha value is -2.29. The van der Waals surface area contributed by atoms with Gasteiger partial charge in [-0.15, -0.1) is 0 Å². The van der Waals surface area contributed by atoms with Gasteiger partial charge in [-0.05, 0) is 98.0 Å². The highest BCUT2D eigenvalue weighted by Crippen LogP contribution is 2.46. The average molecular weight is 591 g/mol. The number of rotatable bonds is 6. The lowest BCUT2D eigenvalue weighted by molar-refractivity contribution is -0.127. The van der Waals surface area contributed by atoms with Crippen LogP contribution >= 0.6 is 39.3 Å². The van der Waals surface area contributed by atoms with Crippen molar-refractivity contribution in [3.8, 4) is 0 Å². The maximum absolute atomic E-state index is 13.0. The lowest BCUT2D eigenvalue weighted by Gasteiger charge is -2.47. The fraction of sp³-hybridized carbons (Fsp3) is 0.370. The third kappa shape index (κ3) is 5.50. The van der Waals surface area contributed by atoms with Crippen molar-refractivity contribution in [3.05, 3.63) is 61.9 Å². The van der Waals surface area contributed by atoms with E-state index in [0.29, 0.717) is 22.2 Å². The molecule has 0 saturated carbocycles. The fourth-order valence-corrected chi connectivity index (χ4v) is 6.24. The van der Waals surface area contributed by atoms with Crippen molar-refractivity contribution in [2.75, 3.05) is 23.3 Å². The molecule has 3 amide bonds. The van der Waals surface area contributed by atoms with Crippen LogP contribution in [-0.2, 0) is 9.59 Å². The van der Waals surface area contributed by atoms with E-state index in [2.05, 4.69) is 53.8 Å². The summed E-state index contributed by atoms with van der Waals surface area (Å²) in [5.74, 6) is -0.614. The third-order valence-corrected chi connectivity index (χ3v) is 8.30. The molecular weight excluding hydrogens is 562 g/mol. The molecule has 1 fully saturated rings. The van der Waals surface area contributed by atoms with E-state index < -0.39 is 17.1 Å². The molecule has 9 heteroatoms. The van der Waals surface area contributed by atoms with E-state index in [9.17, 15) is 14.4 Å². The highest BCUT2D eigenvalue weighted by molar-refractivity contribution is 9.10. The van der Waals surface area contributed by atoms with Crippen LogP contribution in [0.25, 0.3) is 6.08 Å². The van der Waals surface area contributed by atoms with Crippen LogP contribution in [-0.4, -0.2) is 40.6 Å². The van der Waals surface area contributed by atoms with Gasteiger partial charge in [-0.25, -0.2) is 0 Å². The second-order valence-corrected chi connectivity index (χ2v) is 12.1. The summed E-state index contributed by atoms with van der Waals surface area (Å²) in [4.78, 5) is 41.7. The molecule has 4 rings (SSSR count). The number of nitrogens with one attached hydrogen (secondary N) is 1. The van der Waals surface area contributed by atoms with Gasteiger partial charge in [-0.2, -0.15) is 0 Å². The average Bonchev–Trinajstić information content (AvgIpc) is 3.06. The molecule has 2 aliphatic heterocycles. The number of thioether (sulfide) groups is 1. The second-order valence-electron chi connectivity index (χ2n) is 9.82. The summed E-state index contributed by atoms with van der Waals surface area (Å²) in [6.45, 7) is 9.47. The van der Waals surface area contributed by atoms with Crippen LogP contribution < -0.4 is 10.2 Å². The monoisotopic (exact) mass is 589 g/mol. The Morgan fingerprint density at radius 1 is 1.25 bits per heavy atom. The SMILES string of the molecule is CCCN1c2cc(Cl)c(/C=C3/SC(=O)N(CC(=O)Nc4ccc(Br)cc4)C3=O)cc2C(C)CC1(C)C. The van der Waals surface area contributed by atoms with Crippen molar-refractivity contribution in [2.24, 2.45) is 0 Å². The quantitative estimate of drug-likeness (QED) is 0.358. The third-order valence-electron chi connectivity index (χ3n) is 6.54. The zero-order chi connectivity index (χ0) is 26.2. The molecule has 1 saturated heterocycles. The molecule has 1 unspecified atom stereocenters. The number of carbonyl (C=O) groups is 3. The number of fused-ring (bicyclic) bond motifs is 1. The van der Waals surface area contributed by atoms with Crippen molar-refractivity contribution < 1.29 is 14.4 Å². The Labute approximate surface area is 229 Å². The standard InChI is InChI=1S/C27H29BrClN3O3S/c1-5-10-32-22-13-21(29)17(11-20(22)16(2)14-27(32,3)4)12-23-25(34)31(26(35)36-23)15-24(33)30-19-8-6-18(28)7-9-19/h6-9,11-13,16H,5,10,14-15H2,1-4H3,(H,30,33)/b23-12+. The molecule has 1 N–H and O–H groups in total. The van der Waals surface area contributed by atoms with Crippen molar-refractivity contribution in [1.29, 1.82) is 0 Å². The normalized spacial score (nSPS) is 20.2. The topological polar surface area (TPSA) is 69.7 Å². The first-order chi connectivity index (χ1) is 17.0. The highest BCUT2D eigenvalue weighted by Gasteiger charge is 2.38. The van der Waals surface area contributed by atoms with E-state index in [1.54, 1.807) is 30.3 Å². The summed E-state index contributed by atoms with van der Waals surface area (Å²) in [5.41, 5.74) is 3.61. The van der Waals surface area contributed by atoms with Crippen molar-refractivity contribution >= 4 is 73.8 Å². The minimum Gasteiger partial charge on any atom is -0.366 e. The van der Waals surface area contributed by atoms with Crippen LogP contribution in [0.15, 0.2) is 45.8 Å². The minimum atomic E-state index is -0.494. The van der Waals surface area contributed by atoms with Crippen LogP contribution in [0.5, 0.6) is 0 Å². The number of anilines is 2. The number of carbonyl (C=O) groups excluding carboxylic acids is 3. The van der Waals surface area contributed by atoms with Crippen LogP contribution in [0.3, 0.4) is 0 Å². The van der Waals surface area contributed by atoms with Gasteiger partial charge in [0.25, 0.3) is 11.1 Å². The molecule has 2 aliphatic rings. The zero-order valence-corrected chi connectivity index (χ0v) is 23.9. The smallest absolute Gasteiger partial charge is 0.294 e. The van der Waals surface area contributed by atoms with Crippen LogP contribution in [0, 0.1) is 0 Å². The van der Waals surface area contributed by atoms with Gasteiger partial charge in [0.05, 0.1) is 4.91 Å². The van der Waals surface area contributed by atoms with Crippen molar-refractivity contribution in [3.63, 3.8) is 0 Å². The molecule has 2 aromatic rings. The van der Waals surface area contributed by atoms with Gasteiger partial charge in [0.1, 0.15) is 6.54 Å². The van der Waals surface area contributed by atoms with Gasteiger partial charge < -0.3 is 10.2 Å². The van der Waals surface area contributed by atoms with Gasteiger partial charge in [-0.3, -0.25) is 19.3 Å². The largest absolute Gasteiger partial charge is 0.366 e. The van der Waals surface area contributed by atoms with Gasteiger partial charge >= 0.3 is 0 Å². The number of hydrogen-bond donors (Lipinski definition) is 1. The molecular formula is C27H29BrClN3O3S. The molecule has 190 valence electrons. The molecule has 0 bridgehead atoms. The molecule has 36 heavy (non-hydrogen) atoms. The predicted molar refractivity (Wildman–Crippen MR) is 152 cm³/mol. The number of hydrogen-bond acceptors (Lipinski definition) is 5. The molecule has 0 radical (unpaired) electrons. The van der Waals surface area contributed by atoms with Crippen LogP contribution in [0.4, 0.5) is 16.2 Å². The van der Waals surface area contributed by atoms with Crippen molar-refractivity contribution in [2.45, 2.75) is 52.0 Å².